The van der Waals surface area contributed by atoms with Crippen molar-refractivity contribution in [1.82, 2.24) is 10.4 Å². The maximum atomic E-state index is 14.5. The summed E-state index contributed by atoms with van der Waals surface area (Å²) in [5.74, 6) is -0.800. The van der Waals surface area contributed by atoms with Crippen LogP contribution in [-0.4, -0.2) is 30.3 Å². The van der Waals surface area contributed by atoms with Crippen LogP contribution in [-0.2, 0) is 4.79 Å². The van der Waals surface area contributed by atoms with Crippen LogP contribution >= 0.6 is 0 Å². The zero-order chi connectivity index (χ0) is 19.8. The average molecular weight is 381 g/mol. The molecule has 2 heterocycles. The number of methoxy groups -OCH3 is 1. The van der Waals surface area contributed by atoms with Crippen LogP contribution in [0.15, 0.2) is 59.1 Å². The molecule has 0 amide bonds. The molecule has 28 heavy (non-hydrogen) atoms. The number of hydrogen-bond acceptors (Lipinski definition) is 5. The Morgan fingerprint density at radius 2 is 1.89 bits per heavy atom. The van der Waals surface area contributed by atoms with E-state index in [2.05, 4.69) is 10.4 Å². The fourth-order valence-corrected chi connectivity index (χ4v) is 3.23. The normalized spacial score (nSPS) is 16.3. The van der Waals surface area contributed by atoms with Crippen LogP contribution in [0.4, 0.5) is 8.78 Å². The number of nitrogens with one attached hydrogen (secondary N) is 1. The van der Waals surface area contributed by atoms with Crippen LogP contribution in [0.3, 0.4) is 0 Å². The fraction of sp³-hybridized carbons (Fsp3) is 0.143. The average Bonchev–Trinajstić information content (AvgIpc) is 2.69. The van der Waals surface area contributed by atoms with E-state index in [4.69, 9.17) is 4.74 Å². The van der Waals surface area contributed by atoms with Crippen LogP contribution in [0.2, 0.25) is 0 Å². The summed E-state index contributed by atoms with van der Waals surface area (Å²) in [6.45, 7) is 2.06. The van der Waals surface area contributed by atoms with Crippen molar-refractivity contribution in [2.45, 2.75) is 6.92 Å². The summed E-state index contributed by atoms with van der Waals surface area (Å²) in [5.41, 5.74) is 5.85. The molecule has 2 aromatic rings. The number of nitrogens with zero attached hydrogens (tertiary/aromatic N) is 2. The molecule has 0 aromatic heterocycles. The van der Waals surface area contributed by atoms with E-state index in [1.54, 1.807) is 26.2 Å². The molecule has 2 aliphatic rings. The van der Waals surface area contributed by atoms with Crippen LogP contribution in [0, 0.1) is 11.6 Å². The summed E-state index contributed by atoms with van der Waals surface area (Å²) in [4.78, 5) is 17.0. The number of ether oxygens (including phenoxy) is 1. The van der Waals surface area contributed by atoms with Gasteiger partial charge in [0.1, 0.15) is 17.4 Å². The molecule has 2 aromatic carbocycles. The van der Waals surface area contributed by atoms with Crippen LogP contribution < -0.4 is 10.2 Å². The molecule has 4 rings (SSSR count). The number of hydrogen-bond donors (Lipinski definition) is 1. The van der Waals surface area contributed by atoms with Gasteiger partial charge in [0.15, 0.2) is 5.84 Å². The second kappa shape index (κ2) is 6.92. The van der Waals surface area contributed by atoms with Gasteiger partial charge >= 0.3 is 0 Å². The quantitative estimate of drug-likeness (QED) is 0.884. The molecule has 0 unspecified atom stereocenters. The van der Waals surface area contributed by atoms with Gasteiger partial charge in [-0.3, -0.25) is 15.2 Å². The van der Waals surface area contributed by atoms with E-state index in [-0.39, 0.29) is 23.7 Å². The smallest absolute Gasteiger partial charge is 0.224 e. The lowest BCUT2D eigenvalue weighted by Gasteiger charge is -2.36. The molecule has 0 spiro atoms. The standard InChI is InChI=1S/C21H17F2N3O2/c1-12-11-24-21-19(27)10-18(13-3-6-15(28-2)7-4-13)25-26(21)20(12)16-8-5-14(22)9-17(16)23/h3-10,25H,11H2,1-2H3. The number of benzene rings is 2. The van der Waals surface area contributed by atoms with E-state index in [1.807, 2.05) is 12.1 Å². The largest absolute Gasteiger partial charge is 0.497 e. The molecular weight excluding hydrogens is 364 g/mol. The number of carbonyl (C=O) groups is 1. The molecule has 0 saturated carbocycles. The number of ketones is 1. The number of hydrazine groups is 1. The Kier molecular flexibility index (Phi) is 4.43. The minimum atomic E-state index is -0.703. The summed E-state index contributed by atoms with van der Waals surface area (Å²) in [6, 6.07) is 10.6. The SMILES string of the molecule is COc1ccc(C2=CC(=O)C3=NCC(C)=C(c4ccc(F)cc4F)N3N2)cc1. The second-order valence-electron chi connectivity index (χ2n) is 6.49. The lowest BCUT2D eigenvalue weighted by Crippen LogP contribution is -2.49. The molecular formula is C21H17F2N3O2. The minimum Gasteiger partial charge on any atom is -0.497 e. The number of fused-ring (bicyclic) bond motifs is 1. The van der Waals surface area contributed by atoms with Crippen LogP contribution in [0.5, 0.6) is 5.75 Å². The van der Waals surface area contributed by atoms with Gasteiger partial charge in [0.25, 0.3) is 0 Å². The second-order valence-corrected chi connectivity index (χ2v) is 6.49. The number of aliphatic imine (C=N–C) groups is 1. The first-order valence-corrected chi connectivity index (χ1v) is 8.65. The van der Waals surface area contributed by atoms with Gasteiger partial charge < -0.3 is 4.74 Å². The van der Waals surface area contributed by atoms with Crippen LogP contribution in [0.25, 0.3) is 11.4 Å². The van der Waals surface area contributed by atoms with Crippen molar-refractivity contribution in [3.8, 4) is 5.75 Å². The molecule has 1 N–H and O–H groups in total. The Labute approximate surface area is 160 Å². The molecule has 2 aliphatic heterocycles. The maximum absolute atomic E-state index is 14.5. The van der Waals surface area contributed by atoms with Crippen molar-refractivity contribution in [3.63, 3.8) is 0 Å². The highest BCUT2D eigenvalue weighted by Gasteiger charge is 2.33. The molecule has 0 atom stereocenters. The van der Waals surface area contributed by atoms with E-state index in [1.165, 1.54) is 23.2 Å². The molecule has 142 valence electrons. The first-order chi connectivity index (χ1) is 13.5. The monoisotopic (exact) mass is 381 g/mol. The minimum absolute atomic E-state index is 0.168. The van der Waals surface area contributed by atoms with Gasteiger partial charge in [-0.05, 0) is 54.5 Å². The Morgan fingerprint density at radius 1 is 1.14 bits per heavy atom. The lowest BCUT2D eigenvalue weighted by atomic mass is 10.0. The van der Waals surface area contributed by atoms with Crippen molar-refractivity contribution >= 4 is 23.0 Å². The highest BCUT2D eigenvalue weighted by atomic mass is 19.1. The predicted molar refractivity (Wildman–Crippen MR) is 102 cm³/mol. The number of amidine groups is 1. The van der Waals surface area contributed by atoms with Gasteiger partial charge in [0, 0.05) is 17.7 Å². The summed E-state index contributed by atoms with van der Waals surface area (Å²) < 4.78 is 33.0. The van der Waals surface area contributed by atoms with Crippen molar-refractivity contribution < 1.29 is 18.3 Å². The van der Waals surface area contributed by atoms with Gasteiger partial charge in [-0.25, -0.2) is 13.8 Å². The van der Waals surface area contributed by atoms with Gasteiger partial charge in [0.05, 0.1) is 25.0 Å². The lowest BCUT2D eigenvalue weighted by molar-refractivity contribution is -0.109. The zero-order valence-electron chi connectivity index (χ0n) is 15.3. The van der Waals surface area contributed by atoms with Crippen molar-refractivity contribution in [2.75, 3.05) is 13.7 Å². The molecule has 0 saturated heterocycles. The summed E-state index contributed by atoms with van der Waals surface area (Å²) in [5, 5.41) is 1.47. The Hall–Kier alpha value is -3.48. The van der Waals surface area contributed by atoms with Gasteiger partial charge in [-0.15, -0.1) is 0 Å². The van der Waals surface area contributed by atoms with E-state index in [0.717, 1.165) is 17.2 Å². The molecule has 5 nitrogen and oxygen atoms in total. The molecule has 7 heteroatoms. The summed E-state index contributed by atoms with van der Waals surface area (Å²) in [6.07, 6.45) is 1.45. The maximum Gasteiger partial charge on any atom is 0.224 e. The number of rotatable bonds is 3. The Balaban J connectivity index is 1.76. The molecule has 0 bridgehead atoms. The first kappa shape index (κ1) is 17.9. The number of halogens is 2. The Bertz CT molecular complexity index is 1060. The highest BCUT2D eigenvalue weighted by Crippen LogP contribution is 2.32. The molecule has 0 aliphatic carbocycles. The van der Waals surface area contributed by atoms with E-state index in [9.17, 15) is 13.6 Å². The van der Waals surface area contributed by atoms with Crippen molar-refractivity contribution in [2.24, 2.45) is 4.99 Å². The van der Waals surface area contributed by atoms with Crippen LogP contribution in [0.1, 0.15) is 18.1 Å². The first-order valence-electron chi connectivity index (χ1n) is 8.65. The van der Waals surface area contributed by atoms with E-state index >= 15 is 0 Å². The Morgan fingerprint density at radius 3 is 2.57 bits per heavy atom. The molecule has 0 radical (unpaired) electrons. The zero-order valence-corrected chi connectivity index (χ0v) is 15.3. The van der Waals surface area contributed by atoms with E-state index < -0.39 is 11.6 Å². The third kappa shape index (κ3) is 3.05. The van der Waals surface area contributed by atoms with Crippen molar-refractivity contribution in [1.29, 1.82) is 0 Å². The van der Waals surface area contributed by atoms with Crippen molar-refractivity contribution in [3.05, 3.63) is 76.9 Å². The van der Waals surface area contributed by atoms with E-state index in [0.29, 0.717) is 17.1 Å². The third-order valence-corrected chi connectivity index (χ3v) is 4.62. The van der Waals surface area contributed by atoms with Gasteiger partial charge in [-0.1, -0.05) is 0 Å². The highest BCUT2D eigenvalue weighted by molar-refractivity contribution is 6.46. The third-order valence-electron chi connectivity index (χ3n) is 4.62. The number of carbonyl (C=O) groups excluding carboxylic acids is 1. The van der Waals surface area contributed by atoms with Gasteiger partial charge in [0.2, 0.25) is 5.78 Å². The fourth-order valence-electron chi connectivity index (χ4n) is 3.23. The molecule has 0 fully saturated rings. The van der Waals surface area contributed by atoms with Gasteiger partial charge in [-0.2, -0.15) is 0 Å². The summed E-state index contributed by atoms with van der Waals surface area (Å²) in [7, 11) is 1.57. The topological polar surface area (TPSA) is 53.9 Å². The summed E-state index contributed by atoms with van der Waals surface area (Å²) >= 11 is 0. The predicted octanol–water partition coefficient (Wildman–Crippen LogP) is 3.55.